The van der Waals surface area contributed by atoms with Crippen LogP contribution in [-0.2, 0) is 0 Å². The van der Waals surface area contributed by atoms with Crippen LogP contribution in [0.2, 0.25) is 0 Å². The van der Waals surface area contributed by atoms with E-state index in [0.29, 0.717) is 0 Å². The number of hydrogen-bond acceptors (Lipinski definition) is 2. The molecule has 2 heteroatoms. The molecule has 1 N–H and O–H groups in total. The summed E-state index contributed by atoms with van der Waals surface area (Å²) in [6, 6.07) is 0.895. The summed E-state index contributed by atoms with van der Waals surface area (Å²) in [5, 5.41) is 9.43. The van der Waals surface area contributed by atoms with Crippen molar-refractivity contribution < 1.29 is 5.11 Å². The quantitative estimate of drug-likeness (QED) is 0.793. The van der Waals surface area contributed by atoms with Gasteiger partial charge in [0.1, 0.15) is 0 Å². The van der Waals surface area contributed by atoms with Gasteiger partial charge in [-0.25, -0.2) is 0 Å². The fraction of sp³-hybridized carbons (Fsp3) is 1.00. The predicted molar refractivity (Wildman–Crippen MR) is 65.2 cm³/mol. The summed E-state index contributed by atoms with van der Waals surface area (Å²) in [5.74, 6) is 2.95. The van der Waals surface area contributed by atoms with Crippen LogP contribution in [0.4, 0.5) is 0 Å². The lowest BCUT2D eigenvalue weighted by molar-refractivity contribution is -0.0127. The molecule has 2 bridgehead atoms. The van der Waals surface area contributed by atoms with Gasteiger partial charge in [-0.3, -0.25) is 4.90 Å². The molecule has 16 heavy (non-hydrogen) atoms. The Morgan fingerprint density at radius 1 is 1.19 bits per heavy atom. The van der Waals surface area contributed by atoms with Crippen LogP contribution in [0.3, 0.4) is 0 Å². The molecular formula is C14H25NO. The van der Waals surface area contributed by atoms with Crippen molar-refractivity contribution >= 4 is 0 Å². The first-order valence-corrected chi connectivity index (χ1v) is 7.18. The lowest BCUT2D eigenvalue weighted by atomic mass is 9.73. The molecule has 0 radical (unpaired) electrons. The highest BCUT2D eigenvalue weighted by molar-refractivity contribution is 5.01. The minimum absolute atomic E-state index is 0.102. The summed E-state index contributed by atoms with van der Waals surface area (Å²) in [6.45, 7) is 4.65. The van der Waals surface area contributed by atoms with Crippen LogP contribution < -0.4 is 0 Å². The Balaban J connectivity index is 1.65. The lowest BCUT2D eigenvalue weighted by Crippen LogP contribution is -2.54. The highest BCUT2D eigenvalue weighted by atomic mass is 16.3. The highest BCUT2D eigenvalue weighted by Gasteiger charge is 2.48. The molecule has 1 aliphatic carbocycles. The number of aliphatic hydroxyl groups excluding tert-OH is 1. The van der Waals surface area contributed by atoms with Gasteiger partial charge in [0, 0.05) is 6.04 Å². The van der Waals surface area contributed by atoms with E-state index in [1.165, 1.54) is 45.2 Å². The molecule has 4 atom stereocenters. The molecule has 4 unspecified atom stereocenters. The van der Waals surface area contributed by atoms with Crippen molar-refractivity contribution in [3.8, 4) is 0 Å². The van der Waals surface area contributed by atoms with Crippen molar-refractivity contribution in [2.45, 2.75) is 57.6 Å². The molecule has 4 rings (SSSR count). The van der Waals surface area contributed by atoms with Crippen LogP contribution in [-0.4, -0.2) is 35.2 Å². The number of rotatable bonds is 3. The van der Waals surface area contributed by atoms with Gasteiger partial charge in [-0.2, -0.15) is 0 Å². The number of fused-ring (bicyclic) bond motifs is 2. The molecule has 0 spiro atoms. The van der Waals surface area contributed by atoms with Gasteiger partial charge in [0.2, 0.25) is 0 Å². The van der Waals surface area contributed by atoms with Crippen molar-refractivity contribution in [2.24, 2.45) is 17.8 Å². The van der Waals surface area contributed by atoms with Crippen LogP contribution in [0.25, 0.3) is 0 Å². The van der Waals surface area contributed by atoms with Crippen LogP contribution in [0, 0.1) is 17.8 Å². The van der Waals surface area contributed by atoms with E-state index in [1.807, 2.05) is 6.92 Å². The monoisotopic (exact) mass is 223 g/mol. The van der Waals surface area contributed by atoms with Crippen molar-refractivity contribution in [2.75, 3.05) is 13.1 Å². The smallest absolute Gasteiger partial charge is 0.0512 e. The lowest BCUT2D eigenvalue weighted by Gasteiger charge is -2.50. The third-order valence-corrected chi connectivity index (χ3v) is 5.35. The van der Waals surface area contributed by atoms with E-state index in [4.69, 9.17) is 0 Å². The zero-order valence-electron chi connectivity index (χ0n) is 10.4. The van der Waals surface area contributed by atoms with E-state index in [0.717, 1.165) is 30.2 Å². The van der Waals surface area contributed by atoms with E-state index in [9.17, 15) is 5.11 Å². The Morgan fingerprint density at radius 3 is 2.62 bits per heavy atom. The molecule has 3 saturated heterocycles. The van der Waals surface area contributed by atoms with Gasteiger partial charge in [-0.15, -0.1) is 0 Å². The Bertz CT molecular complexity index is 245. The van der Waals surface area contributed by atoms with Crippen molar-refractivity contribution in [3.63, 3.8) is 0 Å². The Kier molecular flexibility index (Phi) is 2.97. The molecule has 0 aromatic rings. The van der Waals surface area contributed by atoms with E-state index in [-0.39, 0.29) is 6.10 Å². The van der Waals surface area contributed by atoms with E-state index in [2.05, 4.69) is 4.90 Å². The van der Waals surface area contributed by atoms with E-state index < -0.39 is 0 Å². The second-order valence-corrected chi connectivity index (χ2v) is 6.29. The SMILES string of the molecule is CC(O)CCC1CCC2C3CCN(CC3)C12. The van der Waals surface area contributed by atoms with Gasteiger partial charge in [0.15, 0.2) is 0 Å². The first-order chi connectivity index (χ1) is 7.75. The number of aliphatic hydroxyl groups is 1. The molecule has 1 saturated carbocycles. The Labute approximate surface area is 99.0 Å². The molecule has 4 aliphatic rings. The number of piperidine rings is 3. The molecule has 0 aromatic carbocycles. The molecule has 0 amide bonds. The molecule has 92 valence electrons. The van der Waals surface area contributed by atoms with Crippen LogP contribution in [0.15, 0.2) is 0 Å². The maximum atomic E-state index is 9.43. The molecule has 3 heterocycles. The molecular weight excluding hydrogens is 198 g/mol. The first kappa shape index (κ1) is 11.0. The third-order valence-electron chi connectivity index (χ3n) is 5.35. The second kappa shape index (κ2) is 4.30. The van der Waals surface area contributed by atoms with Crippen molar-refractivity contribution in [3.05, 3.63) is 0 Å². The molecule has 0 aromatic heterocycles. The first-order valence-electron chi connectivity index (χ1n) is 7.18. The van der Waals surface area contributed by atoms with E-state index >= 15 is 0 Å². The fourth-order valence-electron chi connectivity index (χ4n) is 4.60. The minimum atomic E-state index is -0.102. The minimum Gasteiger partial charge on any atom is -0.393 e. The van der Waals surface area contributed by atoms with Gasteiger partial charge < -0.3 is 5.11 Å². The highest BCUT2D eigenvalue weighted by Crippen LogP contribution is 2.49. The maximum Gasteiger partial charge on any atom is 0.0512 e. The Hall–Kier alpha value is -0.0800. The topological polar surface area (TPSA) is 23.5 Å². The van der Waals surface area contributed by atoms with Gasteiger partial charge in [0.05, 0.1) is 6.10 Å². The largest absolute Gasteiger partial charge is 0.393 e. The summed E-state index contributed by atoms with van der Waals surface area (Å²) in [4.78, 5) is 2.77. The second-order valence-electron chi connectivity index (χ2n) is 6.29. The van der Waals surface area contributed by atoms with Crippen LogP contribution >= 0.6 is 0 Å². The summed E-state index contributed by atoms with van der Waals surface area (Å²) in [5.41, 5.74) is 0. The van der Waals surface area contributed by atoms with Gasteiger partial charge in [-0.05, 0) is 76.3 Å². The Morgan fingerprint density at radius 2 is 1.94 bits per heavy atom. The number of hydrogen-bond donors (Lipinski definition) is 1. The van der Waals surface area contributed by atoms with Gasteiger partial charge >= 0.3 is 0 Å². The van der Waals surface area contributed by atoms with Crippen LogP contribution in [0.1, 0.15) is 45.4 Å². The van der Waals surface area contributed by atoms with Crippen molar-refractivity contribution in [1.29, 1.82) is 0 Å². The third kappa shape index (κ3) is 1.80. The summed E-state index contributed by atoms with van der Waals surface area (Å²) >= 11 is 0. The van der Waals surface area contributed by atoms with Crippen LogP contribution in [0.5, 0.6) is 0 Å². The van der Waals surface area contributed by atoms with Crippen molar-refractivity contribution in [1.82, 2.24) is 4.90 Å². The summed E-state index contributed by atoms with van der Waals surface area (Å²) in [7, 11) is 0. The molecule has 3 aliphatic heterocycles. The fourth-order valence-corrected chi connectivity index (χ4v) is 4.60. The number of nitrogens with zero attached hydrogens (tertiary/aromatic N) is 1. The zero-order chi connectivity index (χ0) is 11.1. The zero-order valence-corrected chi connectivity index (χ0v) is 10.4. The van der Waals surface area contributed by atoms with Gasteiger partial charge in [-0.1, -0.05) is 0 Å². The molecule has 4 fully saturated rings. The average molecular weight is 223 g/mol. The maximum absolute atomic E-state index is 9.43. The normalized spacial score (nSPS) is 48.0. The molecule has 2 nitrogen and oxygen atoms in total. The van der Waals surface area contributed by atoms with Gasteiger partial charge in [0.25, 0.3) is 0 Å². The average Bonchev–Trinajstić information content (AvgIpc) is 2.73. The standard InChI is InChI=1S/C14H25NO/c1-10(16)2-3-12-4-5-13-11-6-8-15(9-7-11)14(12)13/h10-14,16H,2-9H2,1H3. The summed E-state index contributed by atoms with van der Waals surface area (Å²) in [6.07, 6.45) is 7.98. The van der Waals surface area contributed by atoms with E-state index in [1.54, 1.807) is 0 Å². The predicted octanol–water partition coefficient (Wildman–Crippen LogP) is 2.27. The summed E-state index contributed by atoms with van der Waals surface area (Å²) < 4.78 is 0.